The van der Waals surface area contributed by atoms with Crippen LogP contribution in [0.4, 0.5) is 0 Å². The van der Waals surface area contributed by atoms with E-state index in [1.54, 1.807) is 0 Å². The van der Waals surface area contributed by atoms with Crippen LogP contribution in [0.25, 0.3) is 11.1 Å². The van der Waals surface area contributed by atoms with Gasteiger partial charge in [-0.2, -0.15) is 0 Å². The van der Waals surface area contributed by atoms with Gasteiger partial charge in [-0.25, -0.2) is 4.57 Å². The summed E-state index contributed by atoms with van der Waals surface area (Å²) >= 11 is 0. The average Bonchev–Trinajstić information content (AvgIpc) is 2.62. The molecule has 0 spiro atoms. The number of aromatic nitrogens is 1. The molecule has 3 aromatic rings. The van der Waals surface area contributed by atoms with Gasteiger partial charge in [0.2, 0.25) is 0 Å². The third-order valence-electron chi connectivity index (χ3n) is 3.45. The molecule has 0 aliphatic rings. The lowest BCUT2D eigenvalue weighted by molar-refractivity contribution is -0.671. The number of hydrogen-bond acceptors (Lipinski definition) is 0. The van der Waals surface area contributed by atoms with Crippen molar-refractivity contribution in [1.82, 2.24) is 0 Å². The minimum atomic E-state index is 0.969. The number of nitrogens with zero attached hydrogens (tertiary/aromatic N) is 1. The van der Waals surface area contributed by atoms with E-state index < -0.39 is 0 Å². The third kappa shape index (κ3) is 4.10. The fourth-order valence-electron chi connectivity index (χ4n) is 2.17. The topological polar surface area (TPSA) is 3.88 Å². The molecule has 0 saturated carbocycles. The fraction of sp³-hybridized carbons (Fsp3) is 0.0455. The van der Waals surface area contributed by atoms with Gasteiger partial charge in [-0.15, -0.1) is 0 Å². The first kappa shape index (κ1) is 14.6. The highest BCUT2D eigenvalue weighted by atomic mass is 14.9. The Morgan fingerprint density at radius 2 is 1.13 bits per heavy atom. The first-order chi connectivity index (χ1) is 11.3. The molecular weight excluding hydrogens is 278 g/mol. The standard InChI is InChI=1S/C22H16N/c1-23-17-15-20(16-18-23)8-6-5-7-19-11-13-22(14-12-19)21-9-3-2-4-10-21/h2-4,9-18H,1H3/q+1. The molecule has 0 fully saturated rings. The van der Waals surface area contributed by atoms with Crippen molar-refractivity contribution in [3.05, 3.63) is 90.3 Å². The van der Waals surface area contributed by atoms with E-state index in [0.29, 0.717) is 0 Å². The molecule has 0 saturated heterocycles. The number of aryl methyl sites for hydroxylation is 1. The van der Waals surface area contributed by atoms with Crippen LogP contribution < -0.4 is 4.57 Å². The summed E-state index contributed by atoms with van der Waals surface area (Å²) in [5.41, 5.74) is 4.35. The summed E-state index contributed by atoms with van der Waals surface area (Å²) in [6.07, 6.45) is 3.94. The molecule has 0 bridgehead atoms. The van der Waals surface area contributed by atoms with Crippen LogP contribution in [0.15, 0.2) is 79.1 Å². The minimum absolute atomic E-state index is 0.969. The molecule has 0 atom stereocenters. The Kier molecular flexibility index (Phi) is 4.53. The predicted octanol–water partition coefficient (Wildman–Crippen LogP) is 3.58. The maximum absolute atomic E-state index is 3.08. The van der Waals surface area contributed by atoms with Crippen molar-refractivity contribution in [1.29, 1.82) is 0 Å². The summed E-state index contributed by atoms with van der Waals surface area (Å²) in [6.45, 7) is 0. The Hall–Kier alpha value is -3.29. The summed E-state index contributed by atoms with van der Waals surface area (Å²) < 4.78 is 1.98. The highest BCUT2D eigenvalue weighted by Crippen LogP contribution is 2.18. The Bertz CT molecular complexity index is 897. The Morgan fingerprint density at radius 3 is 1.74 bits per heavy atom. The quantitative estimate of drug-likeness (QED) is 0.477. The first-order valence-electron chi connectivity index (χ1n) is 7.44. The van der Waals surface area contributed by atoms with Crippen LogP contribution in [0, 0.1) is 23.7 Å². The van der Waals surface area contributed by atoms with Crippen molar-refractivity contribution in [2.24, 2.45) is 7.05 Å². The fourth-order valence-corrected chi connectivity index (χ4v) is 2.17. The van der Waals surface area contributed by atoms with Crippen molar-refractivity contribution >= 4 is 0 Å². The number of pyridine rings is 1. The Labute approximate surface area is 137 Å². The minimum Gasteiger partial charge on any atom is -0.208 e. The third-order valence-corrected chi connectivity index (χ3v) is 3.45. The predicted molar refractivity (Wildman–Crippen MR) is 93.3 cm³/mol. The summed E-state index contributed by atoms with van der Waals surface area (Å²) in [4.78, 5) is 0. The number of benzene rings is 2. The maximum atomic E-state index is 3.08. The van der Waals surface area contributed by atoms with Crippen LogP contribution in [0.1, 0.15) is 11.1 Å². The second-order valence-electron chi connectivity index (χ2n) is 5.20. The molecule has 3 rings (SSSR count). The summed E-state index contributed by atoms with van der Waals surface area (Å²) in [5.74, 6) is 11.9. The molecule has 1 aromatic heterocycles. The van der Waals surface area contributed by atoms with Gasteiger partial charge in [-0.3, -0.25) is 0 Å². The van der Waals surface area contributed by atoms with Gasteiger partial charge < -0.3 is 0 Å². The van der Waals surface area contributed by atoms with Crippen molar-refractivity contribution < 1.29 is 4.57 Å². The normalized spacial score (nSPS) is 9.26. The lowest BCUT2D eigenvalue weighted by atomic mass is 10.0. The molecule has 0 unspecified atom stereocenters. The van der Waals surface area contributed by atoms with Crippen LogP contribution >= 0.6 is 0 Å². The van der Waals surface area contributed by atoms with Crippen molar-refractivity contribution in [2.75, 3.05) is 0 Å². The molecule has 0 N–H and O–H groups in total. The van der Waals surface area contributed by atoms with E-state index in [1.165, 1.54) is 11.1 Å². The van der Waals surface area contributed by atoms with Gasteiger partial charge in [0.05, 0.1) is 0 Å². The van der Waals surface area contributed by atoms with Gasteiger partial charge in [-0.05, 0) is 35.1 Å². The summed E-state index contributed by atoms with van der Waals surface area (Å²) in [7, 11) is 1.98. The highest BCUT2D eigenvalue weighted by molar-refractivity contribution is 5.64. The average molecular weight is 294 g/mol. The van der Waals surface area contributed by atoms with E-state index in [4.69, 9.17) is 0 Å². The molecule has 0 aliphatic heterocycles. The molecule has 1 heteroatoms. The molecule has 2 aromatic carbocycles. The second-order valence-corrected chi connectivity index (χ2v) is 5.20. The molecule has 108 valence electrons. The van der Waals surface area contributed by atoms with Gasteiger partial charge in [0.1, 0.15) is 7.05 Å². The van der Waals surface area contributed by atoms with Crippen LogP contribution in [-0.2, 0) is 7.05 Å². The van der Waals surface area contributed by atoms with Gasteiger partial charge in [-0.1, -0.05) is 54.3 Å². The van der Waals surface area contributed by atoms with Crippen LogP contribution in [0.3, 0.4) is 0 Å². The largest absolute Gasteiger partial charge is 0.208 e. The summed E-state index contributed by atoms with van der Waals surface area (Å²) in [5, 5.41) is 0. The van der Waals surface area contributed by atoms with Crippen LogP contribution in [-0.4, -0.2) is 0 Å². The van der Waals surface area contributed by atoms with E-state index in [9.17, 15) is 0 Å². The highest BCUT2D eigenvalue weighted by Gasteiger charge is 1.95. The van der Waals surface area contributed by atoms with Crippen molar-refractivity contribution in [2.45, 2.75) is 0 Å². The van der Waals surface area contributed by atoms with Gasteiger partial charge in [0.15, 0.2) is 12.4 Å². The molecular formula is C22H16N+. The number of rotatable bonds is 1. The lowest BCUT2D eigenvalue weighted by Gasteiger charge is -2.00. The van der Waals surface area contributed by atoms with Crippen molar-refractivity contribution in [3.8, 4) is 34.8 Å². The van der Waals surface area contributed by atoms with Crippen molar-refractivity contribution in [3.63, 3.8) is 0 Å². The SMILES string of the molecule is C[n+]1ccc(C#CC#Cc2ccc(-c3ccccc3)cc2)cc1. The molecule has 0 amide bonds. The van der Waals surface area contributed by atoms with E-state index >= 15 is 0 Å². The Morgan fingerprint density at radius 1 is 0.609 bits per heavy atom. The maximum Gasteiger partial charge on any atom is 0.169 e. The molecule has 0 radical (unpaired) electrons. The molecule has 23 heavy (non-hydrogen) atoms. The zero-order valence-corrected chi connectivity index (χ0v) is 13.0. The van der Waals surface area contributed by atoms with Gasteiger partial charge >= 0.3 is 0 Å². The zero-order valence-electron chi connectivity index (χ0n) is 13.0. The summed E-state index contributed by atoms with van der Waals surface area (Å²) in [6, 6.07) is 22.5. The molecule has 1 heterocycles. The Balaban J connectivity index is 1.71. The van der Waals surface area contributed by atoms with Gasteiger partial charge in [0.25, 0.3) is 0 Å². The first-order valence-corrected chi connectivity index (χ1v) is 7.44. The lowest BCUT2D eigenvalue weighted by Crippen LogP contribution is -2.25. The smallest absolute Gasteiger partial charge is 0.169 e. The van der Waals surface area contributed by atoms with Gasteiger partial charge in [0, 0.05) is 23.3 Å². The van der Waals surface area contributed by atoms with E-state index in [2.05, 4.69) is 47.9 Å². The molecule has 1 nitrogen and oxygen atoms in total. The number of hydrogen-bond donors (Lipinski definition) is 0. The second kappa shape index (κ2) is 7.12. The van der Waals surface area contributed by atoms with E-state index in [0.717, 1.165) is 11.1 Å². The monoisotopic (exact) mass is 294 g/mol. The van der Waals surface area contributed by atoms with Crippen LogP contribution in [0.2, 0.25) is 0 Å². The van der Waals surface area contributed by atoms with E-state index in [-0.39, 0.29) is 0 Å². The molecule has 0 aliphatic carbocycles. The zero-order chi connectivity index (χ0) is 15.9. The van der Waals surface area contributed by atoms with E-state index in [1.807, 2.05) is 66.5 Å². The van der Waals surface area contributed by atoms with Crippen LogP contribution in [0.5, 0.6) is 0 Å².